The van der Waals surface area contributed by atoms with E-state index in [2.05, 4.69) is 5.32 Å². The van der Waals surface area contributed by atoms with Gasteiger partial charge in [-0.3, -0.25) is 9.59 Å². The number of rotatable bonds is 6. The summed E-state index contributed by atoms with van der Waals surface area (Å²) in [5.74, 6) is -0.0951. The smallest absolute Gasteiger partial charge is 0.282 e. The van der Waals surface area contributed by atoms with Crippen LogP contribution in [-0.2, 0) is 9.59 Å². The Kier molecular flexibility index (Phi) is 6.25. The molecule has 2 amide bonds. The summed E-state index contributed by atoms with van der Waals surface area (Å²) in [6.45, 7) is 7.69. The van der Waals surface area contributed by atoms with Gasteiger partial charge in [-0.2, -0.15) is 0 Å². The quantitative estimate of drug-likeness (QED) is 0.449. The third-order valence-corrected chi connectivity index (χ3v) is 5.65. The summed E-state index contributed by atoms with van der Waals surface area (Å²) >= 11 is 6.19. The molecule has 5 nitrogen and oxygen atoms in total. The molecule has 0 bridgehead atoms. The molecule has 1 aliphatic heterocycles. The van der Waals surface area contributed by atoms with Crippen LogP contribution >= 0.6 is 11.6 Å². The SMILES string of the molecule is Cc1ccc(Cl)cc1NC1=C(c2ccc(OC(C)C)cc2)C(=O)N(c2ccccc2C)C1=O. The Hall–Kier alpha value is -3.57. The number of carbonyl (C=O) groups is 2. The second-order valence-electron chi connectivity index (χ2n) is 8.26. The molecular formula is C27H25ClN2O3. The zero-order chi connectivity index (χ0) is 23.7. The summed E-state index contributed by atoms with van der Waals surface area (Å²) in [5, 5.41) is 3.73. The highest BCUT2D eigenvalue weighted by Crippen LogP contribution is 2.36. The zero-order valence-electron chi connectivity index (χ0n) is 19.0. The topological polar surface area (TPSA) is 58.6 Å². The Morgan fingerprint density at radius 3 is 2.24 bits per heavy atom. The number of nitrogens with zero attached hydrogens (tertiary/aromatic N) is 1. The highest BCUT2D eigenvalue weighted by molar-refractivity contribution is 6.46. The van der Waals surface area contributed by atoms with E-state index in [1.165, 1.54) is 4.90 Å². The molecule has 6 heteroatoms. The van der Waals surface area contributed by atoms with Crippen molar-refractivity contribution in [3.8, 4) is 5.75 Å². The number of para-hydroxylation sites is 1. The molecule has 3 aromatic carbocycles. The molecule has 0 unspecified atom stereocenters. The number of amides is 2. The summed E-state index contributed by atoms with van der Waals surface area (Å²) in [6, 6.07) is 19.9. The van der Waals surface area contributed by atoms with E-state index >= 15 is 0 Å². The van der Waals surface area contributed by atoms with Crippen molar-refractivity contribution in [2.75, 3.05) is 10.2 Å². The third-order valence-electron chi connectivity index (χ3n) is 5.41. The summed E-state index contributed by atoms with van der Waals surface area (Å²) < 4.78 is 5.73. The molecule has 0 aromatic heterocycles. The van der Waals surface area contributed by atoms with Gasteiger partial charge in [-0.05, 0) is 74.7 Å². The fraction of sp³-hybridized carbons (Fsp3) is 0.185. The van der Waals surface area contributed by atoms with E-state index in [9.17, 15) is 9.59 Å². The van der Waals surface area contributed by atoms with Gasteiger partial charge in [0.2, 0.25) is 0 Å². The molecule has 0 aliphatic carbocycles. The van der Waals surface area contributed by atoms with Crippen molar-refractivity contribution in [3.63, 3.8) is 0 Å². The molecule has 0 atom stereocenters. The maximum Gasteiger partial charge on any atom is 0.282 e. The highest BCUT2D eigenvalue weighted by Gasteiger charge is 2.40. The van der Waals surface area contributed by atoms with Crippen LogP contribution in [0.25, 0.3) is 5.57 Å². The first-order valence-corrected chi connectivity index (χ1v) is 11.1. The predicted molar refractivity (Wildman–Crippen MR) is 133 cm³/mol. The molecule has 0 saturated heterocycles. The molecule has 0 spiro atoms. The Balaban J connectivity index is 1.82. The lowest BCUT2D eigenvalue weighted by Crippen LogP contribution is -2.33. The van der Waals surface area contributed by atoms with E-state index in [-0.39, 0.29) is 17.7 Å². The van der Waals surface area contributed by atoms with Crippen molar-refractivity contribution in [2.45, 2.75) is 33.8 Å². The summed E-state index contributed by atoms with van der Waals surface area (Å²) in [5.41, 5.74) is 4.11. The van der Waals surface area contributed by atoms with E-state index in [1.807, 2.05) is 52.0 Å². The van der Waals surface area contributed by atoms with E-state index in [1.54, 1.807) is 42.5 Å². The average Bonchev–Trinajstić information content (AvgIpc) is 3.01. The summed E-state index contributed by atoms with van der Waals surface area (Å²) in [6.07, 6.45) is 0.0318. The fourth-order valence-corrected chi connectivity index (χ4v) is 3.95. The van der Waals surface area contributed by atoms with Crippen LogP contribution in [0.15, 0.2) is 72.4 Å². The monoisotopic (exact) mass is 460 g/mol. The molecule has 0 saturated carbocycles. The van der Waals surface area contributed by atoms with Gasteiger partial charge in [0.15, 0.2) is 0 Å². The summed E-state index contributed by atoms with van der Waals surface area (Å²) in [7, 11) is 0. The van der Waals surface area contributed by atoms with Gasteiger partial charge in [0.25, 0.3) is 11.8 Å². The number of anilines is 2. The van der Waals surface area contributed by atoms with Crippen molar-refractivity contribution in [1.29, 1.82) is 0 Å². The van der Waals surface area contributed by atoms with Crippen LogP contribution in [0.1, 0.15) is 30.5 Å². The summed E-state index contributed by atoms with van der Waals surface area (Å²) in [4.78, 5) is 28.5. The first kappa shape index (κ1) is 22.6. The van der Waals surface area contributed by atoms with Crippen molar-refractivity contribution in [1.82, 2.24) is 0 Å². The van der Waals surface area contributed by atoms with Crippen molar-refractivity contribution >= 4 is 40.4 Å². The Bertz CT molecular complexity index is 1260. The normalized spacial score (nSPS) is 13.8. The van der Waals surface area contributed by atoms with Gasteiger partial charge in [-0.1, -0.05) is 48.0 Å². The van der Waals surface area contributed by atoms with Gasteiger partial charge >= 0.3 is 0 Å². The first-order valence-electron chi connectivity index (χ1n) is 10.7. The van der Waals surface area contributed by atoms with E-state index < -0.39 is 5.91 Å². The van der Waals surface area contributed by atoms with Crippen LogP contribution in [0.4, 0.5) is 11.4 Å². The van der Waals surface area contributed by atoms with Gasteiger partial charge in [0.05, 0.1) is 17.4 Å². The molecule has 0 radical (unpaired) electrons. The van der Waals surface area contributed by atoms with Crippen LogP contribution in [0, 0.1) is 13.8 Å². The zero-order valence-corrected chi connectivity index (χ0v) is 19.7. The third kappa shape index (κ3) is 4.50. The number of hydrogen-bond donors (Lipinski definition) is 1. The van der Waals surface area contributed by atoms with Crippen LogP contribution in [0.2, 0.25) is 5.02 Å². The fourth-order valence-electron chi connectivity index (χ4n) is 3.78. The second kappa shape index (κ2) is 9.12. The van der Waals surface area contributed by atoms with Gasteiger partial charge in [0, 0.05) is 10.7 Å². The molecule has 168 valence electrons. The maximum absolute atomic E-state index is 13.6. The molecule has 0 fully saturated rings. The molecular weight excluding hydrogens is 436 g/mol. The number of benzene rings is 3. The Morgan fingerprint density at radius 1 is 0.879 bits per heavy atom. The molecule has 4 rings (SSSR count). The van der Waals surface area contributed by atoms with Gasteiger partial charge in [-0.25, -0.2) is 4.90 Å². The Labute approximate surface area is 198 Å². The minimum atomic E-state index is -0.411. The molecule has 1 heterocycles. The number of imide groups is 1. The number of halogens is 1. The predicted octanol–water partition coefficient (Wildman–Crippen LogP) is 6.14. The number of nitrogens with one attached hydrogen (secondary N) is 1. The van der Waals surface area contributed by atoms with Gasteiger partial charge < -0.3 is 10.1 Å². The number of aryl methyl sites for hydroxylation is 2. The Morgan fingerprint density at radius 2 is 1.58 bits per heavy atom. The van der Waals surface area contributed by atoms with E-state index in [4.69, 9.17) is 16.3 Å². The molecule has 33 heavy (non-hydrogen) atoms. The van der Waals surface area contributed by atoms with Crippen LogP contribution in [0.3, 0.4) is 0 Å². The number of carbonyl (C=O) groups excluding carboxylic acids is 2. The van der Waals surface area contributed by atoms with Gasteiger partial charge in [0.1, 0.15) is 11.4 Å². The lowest BCUT2D eigenvalue weighted by Gasteiger charge is -2.18. The van der Waals surface area contributed by atoms with Crippen LogP contribution < -0.4 is 15.0 Å². The average molecular weight is 461 g/mol. The van der Waals surface area contributed by atoms with E-state index in [0.29, 0.717) is 33.3 Å². The standard InChI is InChI=1S/C27H25ClN2O3/c1-16(2)33-21-13-10-19(11-14-21)24-25(29-22-15-20(28)12-9-17(22)3)27(32)30(26(24)31)23-8-6-5-7-18(23)4/h5-16,29H,1-4H3. The van der Waals surface area contributed by atoms with E-state index in [0.717, 1.165) is 11.1 Å². The van der Waals surface area contributed by atoms with Crippen molar-refractivity contribution in [2.24, 2.45) is 0 Å². The minimum Gasteiger partial charge on any atom is -0.491 e. The highest BCUT2D eigenvalue weighted by atomic mass is 35.5. The molecule has 1 N–H and O–H groups in total. The maximum atomic E-state index is 13.6. The van der Waals surface area contributed by atoms with Crippen molar-refractivity contribution < 1.29 is 14.3 Å². The van der Waals surface area contributed by atoms with Gasteiger partial charge in [-0.15, -0.1) is 0 Å². The lowest BCUT2D eigenvalue weighted by molar-refractivity contribution is -0.120. The molecule has 3 aromatic rings. The largest absolute Gasteiger partial charge is 0.491 e. The number of hydrogen-bond acceptors (Lipinski definition) is 4. The molecule has 1 aliphatic rings. The number of ether oxygens (including phenoxy) is 1. The van der Waals surface area contributed by atoms with Crippen LogP contribution in [0.5, 0.6) is 5.75 Å². The lowest BCUT2D eigenvalue weighted by atomic mass is 10.0. The van der Waals surface area contributed by atoms with Crippen LogP contribution in [-0.4, -0.2) is 17.9 Å². The van der Waals surface area contributed by atoms with Crippen molar-refractivity contribution in [3.05, 3.63) is 94.1 Å². The minimum absolute atomic E-state index is 0.0318. The second-order valence-corrected chi connectivity index (χ2v) is 8.69. The first-order chi connectivity index (χ1) is 15.8.